The summed E-state index contributed by atoms with van der Waals surface area (Å²) in [6, 6.07) is 2.31. The number of primary amides is 1. The summed E-state index contributed by atoms with van der Waals surface area (Å²) < 4.78 is 5.96. The molecule has 1 aliphatic rings. The van der Waals surface area contributed by atoms with Gasteiger partial charge >= 0.3 is 0 Å². The standard InChI is InChI=1S/C23H33N5O5/c1-12(2)18(24)23(32)28(22(31)15-5-4-9-26-15)19(13(3)8-10-29)21-27-16-11-14(20(25)30)6-7-17(16)33-21/h6-7,11-13,15,18-19,26,29H,4-5,8-10,24H2,1-3H3,(H2,25,30)/t13?,15-,18-,19?/m0/s1. The molecule has 1 aromatic carbocycles. The zero-order chi connectivity index (χ0) is 24.3. The lowest BCUT2D eigenvalue weighted by atomic mass is 9.93. The summed E-state index contributed by atoms with van der Waals surface area (Å²) in [5.74, 6) is -1.92. The summed E-state index contributed by atoms with van der Waals surface area (Å²) in [4.78, 5) is 44.4. The van der Waals surface area contributed by atoms with Gasteiger partial charge in [-0.1, -0.05) is 20.8 Å². The van der Waals surface area contributed by atoms with E-state index in [1.165, 1.54) is 17.0 Å². The zero-order valence-corrected chi connectivity index (χ0v) is 19.3. The number of nitrogens with two attached hydrogens (primary N) is 2. The fourth-order valence-corrected chi connectivity index (χ4v) is 4.09. The van der Waals surface area contributed by atoms with Gasteiger partial charge < -0.3 is 26.3 Å². The van der Waals surface area contributed by atoms with E-state index in [9.17, 15) is 19.5 Å². The lowest BCUT2D eigenvalue weighted by Gasteiger charge is -2.35. The highest BCUT2D eigenvalue weighted by Gasteiger charge is 2.43. The number of fused-ring (bicyclic) bond motifs is 1. The average Bonchev–Trinajstić information content (AvgIpc) is 3.45. The molecule has 1 fully saturated rings. The molecule has 0 spiro atoms. The average molecular weight is 460 g/mol. The number of carbonyl (C=O) groups is 3. The van der Waals surface area contributed by atoms with Gasteiger partial charge in [-0.2, -0.15) is 0 Å². The van der Waals surface area contributed by atoms with E-state index in [1.54, 1.807) is 6.07 Å². The molecule has 3 amide bonds. The van der Waals surface area contributed by atoms with Crippen LogP contribution in [-0.4, -0.2) is 57.9 Å². The van der Waals surface area contributed by atoms with Gasteiger partial charge in [0.1, 0.15) is 11.6 Å². The molecule has 180 valence electrons. The first kappa shape index (κ1) is 24.8. The highest BCUT2D eigenvalue weighted by molar-refractivity contribution is 6.00. The van der Waals surface area contributed by atoms with Crippen LogP contribution in [-0.2, 0) is 9.59 Å². The van der Waals surface area contributed by atoms with Gasteiger partial charge in [-0.05, 0) is 55.8 Å². The number of oxazole rings is 1. The number of hydrogen-bond donors (Lipinski definition) is 4. The Bertz CT molecular complexity index is 1000. The minimum atomic E-state index is -0.898. The molecule has 2 heterocycles. The number of carbonyl (C=O) groups excluding carboxylic acids is 3. The molecule has 0 aliphatic carbocycles. The third kappa shape index (κ3) is 5.23. The number of nitrogens with zero attached hydrogens (tertiary/aromatic N) is 2. The SMILES string of the molecule is CC(CCO)C(c1nc2cc(C(N)=O)ccc2o1)N(C(=O)[C@@H]1CCCN1)C(=O)[C@@H](N)C(C)C. The lowest BCUT2D eigenvalue weighted by molar-refractivity contribution is -0.152. The Balaban J connectivity index is 2.12. The molecule has 10 nitrogen and oxygen atoms in total. The van der Waals surface area contributed by atoms with Crippen molar-refractivity contribution in [2.45, 2.75) is 58.2 Å². The molecule has 0 radical (unpaired) electrons. The molecule has 1 aromatic heterocycles. The Kier molecular flexibility index (Phi) is 7.83. The number of rotatable bonds is 9. The van der Waals surface area contributed by atoms with Crippen LogP contribution in [0.5, 0.6) is 0 Å². The van der Waals surface area contributed by atoms with E-state index in [4.69, 9.17) is 15.9 Å². The van der Waals surface area contributed by atoms with Crippen molar-refractivity contribution in [2.75, 3.05) is 13.2 Å². The van der Waals surface area contributed by atoms with Crippen molar-refractivity contribution in [3.05, 3.63) is 29.7 Å². The Morgan fingerprint density at radius 2 is 2.03 bits per heavy atom. The third-order valence-corrected chi connectivity index (χ3v) is 6.18. The van der Waals surface area contributed by atoms with Crippen LogP contribution in [0.1, 0.15) is 62.3 Å². The highest BCUT2D eigenvalue weighted by atomic mass is 16.4. The largest absolute Gasteiger partial charge is 0.438 e. The van der Waals surface area contributed by atoms with Gasteiger partial charge in [0, 0.05) is 12.2 Å². The van der Waals surface area contributed by atoms with Crippen molar-refractivity contribution in [3.8, 4) is 0 Å². The van der Waals surface area contributed by atoms with E-state index in [-0.39, 0.29) is 35.8 Å². The topological polar surface area (TPSA) is 165 Å². The van der Waals surface area contributed by atoms with Crippen molar-refractivity contribution in [1.82, 2.24) is 15.2 Å². The van der Waals surface area contributed by atoms with Crippen LogP contribution in [0.3, 0.4) is 0 Å². The molecule has 0 saturated carbocycles. The number of benzene rings is 1. The second-order valence-electron chi connectivity index (χ2n) is 9.00. The maximum atomic E-state index is 13.6. The Morgan fingerprint density at radius 3 is 2.61 bits per heavy atom. The van der Waals surface area contributed by atoms with E-state index in [0.29, 0.717) is 30.5 Å². The van der Waals surface area contributed by atoms with Gasteiger partial charge in [0.25, 0.3) is 0 Å². The molecule has 3 rings (SSSR count). The number of aromatic nitrogens is 1. The first-order valence-electron chi connectivity index (χ1n) is 11.3. The van der Waals surface area contributed by atoms with Crippen LogP contribution < -0.4 is 16.8 Å². The predicted molar refractivity (Wildman–Crippen MR) is 122 cm³/mol. The highest BCUT2D eigenvalue weighted by Crippen LogP contribution is 2.34. The quantitative estimate of drug-likeness (QED) is 0.432. The van der Waals surface area contributed by atoms with E-state index in [1.807, 2.05) is 20.8 Å². The molecule has 1 aliphatic heterocycles. The summed E-state index contributed by atoms with van der Waals surface area (Å²) >= 11 is 0. The van der Waals surface area contributed by atoms with Crippen LogP contribution in [0.15, 0.2) is 22.6 Å². The van der Waals surface area contributed by atoms with E-state index < -0.39 is 29.9 Å². The van der Waals surface area contributed by atoms with Gasteiger partial charge in [-0.15, -0.1) is 0 Å². The van der Waals surface area contributed by atoms with Crippen LogP contribution in [0.2, 0.25) is 0 Å². The Labute approximate surface area is 192 Å². The first-order chi connectivity index (χ1) is 15.6. The minimum Gasteiger partial charge on any atom is -0.438 e. The molecule has 4 atom stereocenters. The number of nitrogens with one attached hydrogen (secondary N) is 1. The number of imide groups is 1. The van der Waals surface area contributed by atoms with Gasteiger partial charge in [0.05, 0.1) is 12.1 Å². The lowest BCUT2D eigenvalue weighted by Crippen LogP contribution is -2.55. The van der Waals surface area contributed by atoms with Crippen molar-refractivity contribution < 1.29 is 23.9 Å². The van der Waals surface area contributed by atoms with Crippen molar-refractivity contribution >= 4 is 28.8 Å². The molecule has 2 unspecified atom stereocenters. The molecular weight excluding hydrogens is 426 g/mol. The molecule has 2 aromatic rings. The number of aliphatic hydroxyl groups excluding tert-OH is 1. The molecule has 1 saturated heterocycles. The third-order valence-electron chi connectivity index (χ3n) is 6.18. The summed E-state index contributed by atoms with van der Waals surface area (Å²) in [5.41, 5.74) is 12.6. The van der Waals surface area contributed by atoms with Gasteiger partial charge in [0.15, 0.2) is 5.58 Å². The van der Waals surface area contributed by atoms with E-state index in [0.717, 1.165) is 6.42 Å². The second-order valence-corrected chi connectivity index (χ2v) is 9.00. The monoisotopic (exact) mass is 459 g/mol. The van der Waals surface area contributed by atoms with E-state index in [2.05, 4.69) is 10.3 Å². The fraction of sp³-hybridized carbons (Fsp3) is 0.565. The fourth-order valence-electron chi connectivity index (χ4n) is 4.09. The van der Waals surface area contributed by atoms with Crippen LogP contribution in [0.25, 0.3) is 11.1 Å². The number of hydrogen-bond acceptors (Lipinski definition) is 8. The molecule has 10 heteroatoms. The minimum absolute atomic E-state index is 0.141. The molecule has 0 bridgehead atoms. The van der Waals surface area contributed by atoms with Gasteiger partial charge in [-0.3, -0.25) is 19.3 Å². The predicted octanol–water partition coefficient (Wildman–Crippen LogP) is 1.08. The Morgan fingerprint density at radius 1 is 1.30 bits per heavy atom. The summed E-state index contributed by atoms with van der Waals surface area (Å²) in [6.45, 7) is 6.00. The van der Waals surface area contributed by atoms with Crippen LogP contribution >= 0.6 is 0 Å². The molecular formula is C23H33N5O5. The van der Waals surface area contributed by atoms with Gasteiger partial charge in [-0.25, -0.2) is 4.98 Å². The zero-order valence-electron chi connectivity index (χ0n) is 19.3. The summed E-state index contributed by atoms with van der Waals surface area (Å²) in [5, 5.41) is 12.8. The number of amides is 3. The summed E-state index contributed by atoms with van der Waals surface area (Å²) in [6.07, 6.45) is 1.74. The normalized spacial score (nSPS) is 18.9. The van der Waals surface area contributed by atoms with Gasteiger partial charge in [0.2, 0.25) is 23.6 Å². The van der Waals surface area contributed by atoms with Crippen molar-refractivity contribution in [1.29, 1.82) is 0 Å². The Hall–Kier alpha value is -2.82. The van der Waals surface area contributed by atoms with Crippen LogP contribution in [0, 0.1) is 11.8 Å². The van der Waals surface area contributed by atoms with Crippen molar-refractivity contribution in [3.63, 3.8) is 0 Å². The second kappa shape index (κ2) is 10.4. The number of aliphatic hydroxyl groups is 1. The summed E-state index contributed by atoms with van der Waals surface area (Å²) in [7, 11) is 0. The van der Waals surface area contributed by atoms with Crippen molar-refractivity contribution in [2.24, 2.45) is 23.3 Å². The smallest absolute Gasteiger partial charge is 0.248 e. The van der Waals surface area contributed by atoms with Crippen LogP contribution in [0.4, 0.5) is 0 Å². The van der Waals surface area contributed by atoms with E-state index >= 15 is 0 Å². The molecule has 33 heavy (non-hydrogen) atoms. The maximum Gasteiger partial charge on any atom is 0.248 e. The first-order valence-corrected chi connectivity index (χ1v) is 11.3. The molecule has 6 N–H and O–H groups in total. The maximum absolute atomic E-state index is 13.6.